The van der Waals surface area contributed by atoms with Crippen LogP contribution in [-0.2, 0) is 9.53 Å². The predicted octanol–water partition coefficient (Wildman–Crippen LogP) is 2.19. The first-order chi connectivity index (χ1) is 10.2. The number of fused-ring (bicyclic) bond motifs is 1. The van der Waals surface area contributed by atoms with Crippen LogP contribution in [0.3, 0.4) is 0 Å². The minimum atomic E-state index is -0.132. The predicted molar refractivity (Wildman–Crippen MR) is 80.8 cm³/mol. The van der Waals surface area contributed by atoms with Crippen molar-refractivity contribution in [1.82, 2.24) is 0 Å². The van der Waals surface area contributed by atoms with Gasteiger partial charge in [-0.2, -0.15) is 0 Å². The number of amides is 1. The van der Waals surface area contributed by atoms with Crippen LogP contribution in [0.1, 0.15) is 26.2 Å². The van der Waals surface area contributed by atoms with Crippen LogP contribution in [0.2, 0.25) is 0 Å². The molecule has 0 atom stereocenters. The van der Waals surface area contributed by atoms with Crippen molar-refractivity contribution in [2.75, 3.05) is 37.5 Å². The Morgan fingerprint density at radius 2 is 2.00 bits per heavy atom. The molecule has 1 heterocycles. The molecule has 0 spiro atoms. The van der Waals surface area contributed by atoms with Gasteiger partial charge in [0.2, 0.25) is 5.91 Å². The van der Waals surface area contributed by atoms with Crippen molar-refractivity contribution in [3.8, 4) is 11.5 Å². The molecule has 0 saturated heterocycles. The maximum Gasteiger partial charge on any atom is 0.226 e. The van der Waals surface area contributed by atoms with E-state index in [2.05, 4.69) is 5.32 Å². The Kier molecular flexibility index (Phi) is 5.68. The van der Waals surface area contributed by atoms with Crippen molar-refractivity contribution in [1.29, 1.82) is 0 Å². The van der Waals surface area contributed by atoms with Gasteiger partial charge < -0.3 is 25.3 Å². The van der Waals surface area contributed by atoms with Gasteiger partial charge in [-0.3, -0.25) is 4.79 Å². The first kappa shape index (κ1) is 15.4. The first-order valence-electron chi connectivity index (χ1n) is 7.27. The van der Waals surface area contributed by atoms with Gasteiger partial charge in [0.25, 0.3) is 0 Å². The van der Waals surface area contributed by atoms with E-state index in [1.54, 1.807) is 12.1 Å². The molecule has 1 aromatic carbocycles. The van der Waals surface area contributed by atoms with Gasteiger partial charge in [0, 0.05) is 25.2 Å². The van der Waals surface area contributed by atoms with Gasteiger partial charge in [0.1, 0.15) is 0 Å². The van der Waals surface area contributed by atoms with E-state index >= 15 is 0 Å². The molecule has 6 nitrogen and oxygen atoms in total. The van der Waals surface area contributed by atoms with Crippen molar-refractivity contribution in [3.05, 3.63) is 12.1 Å². The highest BCUT2D eigenvalue weighted by Gasteiger charge is 2.15. The van der Waals surface area contributed by atoms with Crippen molar-refractivity contribution in [2.45, 2.75) is 26.2 Å². The average Bonchev–Trinajstić information content (AvgIpc) is 2.69. The van der Waals surface area contributed by atoms with Crippen LogP contribution in [0.4, 0.5) is 11.4 Å². The average molecular weight is 294 g/mol. The SMILES string of the molecule is CCCOCCC(=O)Nc1cc2c(cc1N)OCCCO2. The Morgan fingerprint density at radius 1 is 1.29 bits per heavy atom. The lowest BCUT2D eigenvalue weighted by molar-refractivity contribution is -0.117. The highest BCUT2D eigenvalue weighted by Crippen LogP contribution is 2.36. The van der Waals surface area contributed by atoms with Gasteiger partial charge in [0.15, 0.2) is 11.5 Å². The second-order valence-electron chi connectivity index (χ2n) is 4.85. The molecule has 21 heavy (non-hydrogen) atoms. The molecule has 1 aromatic rings. The van der Waals surface area contributed by atoms with Crippen molar-refractivity contribution >= 4 is 17.3 Å². The third-order valence-electron chi connectivity index (χ3n) is 3.02. The quantitative estimate of drug-likeness (QED) is 0.620. The number of rotatable bonds is 6. The minimum Gasteiger partial charge on any atom is -0.489 e. The molecule has 116 valence electrons. The number of anilines is 2. The van der Waals surface area contributed by atoms with Crippen LogP contribution in [0, 0.1) is 0 Å². The fraction of sp³-hybridized carbons (Fsp3) is 0.533. The third kappa shape index (κ3) is 4.53. The third-order valence-corrected chi connectivity index (χ3v) is 3.02. The van der Waals surface area contributed by atoms with Crippen LogP contribution < -0.4 is 20.5 Å². The zero-order valence-corrected chi connectivity index (χ0v) is 12.3. The summed E-state index contributed by atoms with van der Waals surface area (Å²) < 4.78 is 16.4. The Morgan fingerprint density at radius 3 is 2.71 bits per heavy atom. The molecule has 0 bridgehead atoms. The van der Waals surface area contributed by atoms with E-state index in [4.69, 9.17) is 19.9 Å². The molecule has 1 aliphatic heterocycles. The van der Waals surface area contributed by atoms with Crippen molar-refractivity contribution in [3.63, 3.8) is 0 Å². The van der Waals surface area contributed by atoms with Crippen LogP contribution >= 0.6 is 0 Å². The molecule has 1 aliphatic rings. The molecule has 0 aromatic heterocycles. The normalized spacial score (nSPS) is 13.6. The fourth-order valence-electron chi connectivity index (χ4n) is 1.96. The molecule has 0 fully saturated rings. The highest BCUT2D eigenvalue weighted by molar-refractivity contribution is 5.94. The zero-order valence-electron chi connectivity index (χ0n) is 12.3. The summed E-state index contributed by atoms with van der Waals surface area (Å²) in [6.07, 6.45) is 2.07. The summed E-state index contributed by atoms with van der Waals surface area (Å²) in [5.74, 6) is 1.10. The molecule has 0 saturated carbocycles. The maximum absolute atomic E-state index is 11.8. The number of hydrogen-bond donors (Lipinski definition) is 2. The summed E-state index contributed by atoms with van der Waals surface area (Å²) in [4.78, 5) is 11.8. The topological polar surface area (TPSA) is 82.8 Å². The summed E-state index contributed by atoms with van der Waals surface area (Å²) in [6.45, 7) is 4.30. The Bertz CT molecular complexity index is 491. The van der Waals surface area contributed by atoms with Crippen LogP contribution in [0.15, 0.2) is 12.1 Å². The van der Waals surface area contributed by atoms with E-state index in [9.17, 15) is 4.79 Å². The van der Waals surface area contributed by atoms with E-state index in [1.807, 2.05) is 6.92 Å². The van der Waals surface area contributed by atoms with Crippen LogP contribution in [0.25, 0.3) is 0 Å². The zero-order chi connectivity index (χ0) is 15.1. The van der Waals surface area contributed by atoms with E-state index in [0.717, 1.165) is 12.8 Å². The lowest BCUT2D eigenvalue weighted by Crippen LogP contribution is -2.15. The van der Waals surface area contributed by atoms with Gasteiger partial charge in [-0.15, -0.1) is 0 Å². The number of benzene rings is 1. The fourth-order valence-corrected chi connectivity index (χ4v) is 1.96. The lowest BCUT2D eigenvalue weighted by Gasteiger charge is -2.13. The number of ether oxygens (including phenoxy) is 3. The van der Waals surface area contributed by atoms with Crippen molar-refractivity contribution in [2.24, 2.45) is 0 Å². The molecule has 2 rings (SSSR count). The maximum atomic E-state index is 11.8. The van der Waals surface area contributed by atoms with Crippen LogP contribution in [0.5, 0.6) is 11.5 Å². The van der Waals surface area contributed by atoms with E-state index < -0.39 is 0 Å². The lowest BCUT2D eigenvalue weighted by atomic mass is 10.2. The van der Waals surface area contributed by atoms with Gasteiger partial charge in [-0.25, -0.2) is 0 Å². The second-order valence-corrected chi connectivity index (χ2v) is 4.85. The molecule has 1 amide bonds. The van der Waals surface area contributed by atoms with Crippen molar-refractivity contribution < 1.29 is 19.0 Å². The highest BCUT2D eigenvalue weighted by atomic mass is 16.5. The number of nitrogen functional groups attached to an aromatic ring is 1. The molecular formula is C15H22N2O4. The number of hydrogen-bond acceptors (Lipinski definition) is 5. The number of nitrogens with one attached hydrogen (secondary N) is 1. The minimum absolute atomic E-state index is 0.132. The monoisotopic (exact) mass is 294 g/mol. The Labute approximate surface area is 124 Å². The smallest absolute Gasteiger partial charge is 0.226 e. The summed E-state index contributed by atoms with van der Waals surface area (Å²) in [6, 6.07) is 3.39. The summed E-state index contributed by atoms with van der Waals surface area (Å²) in [5.41, 5.74) is 6.94. The van der Waals surface area contributed by atoms with E-state index in [1.165, 1.54) is 0 Å². The first-order valence-corrected chi connectivity index (χ1v) is 7.27. The van der Waals surface area contributed by atoms with Gasteiger partial charge in [0.05, 0.1) is 37.6 Å². The van der Waals surface area contributed by atoms with Gasteiger partial charge >= 0.3 is 0 Å². The molecular weight excluding hydrogens is 272 g/mol. The summed E-state index contributed by atoms with van der Waals surface area (Å²) in [7, 11) is 0. The molecule has 3 N–H and O–H groups in total. The number of carbonyl (C=O) groups is 1. The molecule has 6 heteroatoms. The summed E-state index contributed by atoms with van der Waals surface area (Å²) >= 11 is 0. The molecule has 0 unspecified atom stereocenters. The Balaban J connectivity index is 1.96. The summed E-state index contributed by atoms with van der Waals surface area (Å²) in [5, 5.41) is 2.78. The van der Waals surface area contributed by atoms with Gasteiger partial charge in [-0.1, -0.05) is 6.92 Å². The van der Waals surface area contributed by atoms with E-state index in [0.29, 0.717) is 55.7 Å². The second kappa shape index (κ2) is 7.73. The van der Waals surface area contributed by atoms with Gasteiger partial charge in [-0.05, 0) is 6.42 Å². The molecule has 0 radical (unpaired) electrons. The number of carbonyl (C=O) groups excluding carboxylic acids is 1. The largest absolute Gasteiger partial charge is 0.489 e. The number of nitrogens with two attached hydrogens (primary N) is 1. The Hall–Kier alpha value is -1.95. The standard InChI is InChI=1S/C15H22N2O4/c1-2-5-19-8-4-15(18)17-12-10-14-13(9-11(12)16)20-6-3-7-21-14/h9-10H,2-8,16H2,1H3,(H,17,18). The molecule has 0 aliphatic carbocycles. The van der Waals surface area contributed by atoms with E-state index in [-0.39, 0.29) is 5.91 Å². The van der Waals surface area contributed by atoms with Crippen LogP contribution in [-0.4, -0.2) is 32.3 Å².